The Labute approximate surface area is 194 Å². The van der Waals surface area contributed by atoms with E-state index in [-0.39, 0.29) is 16.9 Å². The molecule has 4 rings (SSSR count). The first kappa shape index (κ1) is 23.3. The minimum Gasteiger partial charge on any atom is -0.377 e. The first-order chi connectivity index (χ1) is 15.4. The average Bonchev–Trinajstić information content (AvgIpc) is 3.33. The van der Waals surface area contributed by atoms with Crippen LogP contribution in [-0.2, 0) is 14.8 Å². The van der Waals surface area contributed by atoms with E-state index in [4.69, 9.17) is 4.74 Å². The third-order valence-corrected chi connectivity index (χ3v) is 9.09. The molecule has 8 heteroatoms. The zero-order valence-electron chi connectivity index (χ0n) is 18.4. The summed E-state index contributed by atoms with van der Waals surface area (Å²) in [5, 5.41) is 2.94. The number of piperidine rings is 1. The highest BCUT2D eigenvalue weighted by Crippen LogP contribution is 2.29. The second kappa shape index (κ2) is 10.4. The molecule has 0 bridgehead atoms. The number of sulfonamides is 1. The van der Waals surface area contributed by atoms with Gasteiger partial charge in [0.2, 0.25) is 10.0 Å². The monoisotopic (exact) mass is 474 g/mol. The van der Waals surface area contributed by atoms with Crippen molar-refractivity contribution in [2.75, 3.05) is 30.8 Å². The Kier molecular flexibility index (Phi) is 7.55. The molecule has 0 saturated carbocycles. The van der Waals surface area contributed by atoms with Gasteiger partial charge in [-0.15, -0.1) is 11.8 Å². The minimum atomic E-state index is -3.56. The highest BCUT2D eigenvalue weighted by Gasteiger charge is 2.26. The molecule has 2 fully saturated rings. The van der Waals surface area contributed by atoms with Crippen molar-refractivity contribution < 1.29 is 17.9 Å². The number of carbonyl (C=O) groups excluding carboxylic acids is 1. The third kappa shape index (κ3) is 5.36. The van der Waals surface area contributed by atoms with E-state index in [1.54, 1.807) is 40.3 Å². The number of benzene rings is 2. The van der Waals surface area contributed by atoms with Crippen LogP contribution >= 0.6 is 11.8 Å². The molecule has 2 aliphatic rings. The number of thioether (sulfide) groups is 1. The lowest BCUT2D eigenvalue weighted by atomic mass is 10.1. The lowest BCUT2D eigenvalue weighted by Crippen LogP contribution is -2.35. The molecule has 0 aliphatic carbocycles. The number of rotatable bonds is 7. The second-order valence-corrected chi connectivity index (χ2v) is 11.3. The predicted molar refractivity (Wildman–Crippen MR) is 128 cm³/mol. The molecule has 6 nitrogen and oxygen atoms in total. The molecule has 1 atom stereocenters. The van der Waals surface area contributed by atoms with Gasteiger partial charge in [-0.05, 0) is 62.4 Å². The summed E-state index contributed by atoms with van der Waals surface area (Å²) in [6.45, 7) is 3.77. The average molecular weight is 475 g/mol. The number of hydrogen-bond donors (Lipinski definition) is 1. The maximum Gasteiger partial charge on any atom is 0.256 e. The number of ether oxygens (including phenoxy) is 1. The number of nitrogens with one attached hydrogen (secondary N) is 1. The molecule has 2 aromatic carbocycles. The maximum absolute atomic E-state index is 13.1. The number of anilines is 1. The fourth-order valence-corrected chi connectivity index (χ4v) is 6.74. The van der Waals surface area contributed by atoms with Gasteiger partial charge in [-0.25, -0.2) is 8.42 Å². The lowest BCUT2D eigenvalue weighted by molar-refractivity contribution is 0.102. The molecule has 172 valence electrons. The summed E-state index contributed by atoms with van der Waals surface area (Å²) < 4.78 is 33.4. The Bertz CT molecular complexity index is 1060. The van der Waals surface area contributed by atoms with Gasteiger partial charge in [0.05, 0.1) is 16.6 Å². The van der Waals surface area contributed by atoms with Gasteiger partial charge in [-0.2, -0.15) is 4.31 Å². The van der Waals surface area contributed by atoms with Crippen LogP contribution in [0.4, 0.5) is 5.69 Å². The number of nitrogens with zero attached hydrogens (tertiary/aromatic N) is 1. The van der Waals surface area contributed by atoms with Crippen molar-refractivity contribution in [1.82, 2.24) is 4.31 Å². The van der Waals surface area contributed by atoms with Crippen molar-refractivity contribution in [1.29, 1.82) is 0 Å². The molecule has 32 heavy (non-hydrogen) atoms. The zero-order valence-corrected chi connectivity index (χ0v) is 20.0. The summed E-state index contributed by atoms with van der Waals surface area (Å²) >= 11 is 1.63. The SMILES string of the molecule is Cc1ccc(S(=O)(=O)N2CCCCC2)cc1NC(=O)c1ccccc1SC[C@@H]1CCCO1. The van der Waals surface area contributed by atoms with E-state index < -0.39 is 10.0 Å². The fourth-order valence-electron chi connectivity index (χ4n) is 4.08. The Morgan fingerprint density at radius 3 is 2.66 bits per heavy atom. The summed E-state index contributed by atoms with van der Waals surface area (Å²) in [4.78, 5) is 14.3. The van der Waals surface area contributed by atoms with Crippen LogP contribution in [-0.4, -0.2) is 50.2 Å². The normalized spacial score (nSPS) is 19.7. The summed E-state index contributed by atoms with van der Waals surface area (Å²) in [7, 11) is -3.56. The first-order valence-corrected chi connectivity index (χ1v) is 13.6. The van der Waals surface area contributed by atoms with Crippen molar-refractivity contribution in [3.63, 3.8) is 0 Å². The highest BCUT2D eigenvalue weighted by molar-refractivity contribution is 7.99. The topological polar surface area (TPSA) is 75.7 Å². The molecule has 0 radical (unpaired) electrons. The first-order valence-electron chi connectivity index (χ1n) is 11.2. The van der Waals surface area contributed by atoms with E-state index >= 15 is 0 Å². The van der Waals surface area contributed by atoms with Gasteiger partial charge in [0.25, 0.3) is 5.91 Å². The van der Waals surface area contributed by atoms with E-state index in [1.807, 2.05) is 25.1 Å². The molecule has 2 aliphatic heterocycles. The molecule has 2 saturated heterocycles. The van der Waals surface area contributed by atoms with Crippen LogP contribution in [0.1, 0.15) is 48.0 Å². The minimum absolute atomic E-state index is 0.223. The van der Waals surface area contributed by atoms with Gasteiger partial charge in [0.15, 0.2) is 0 Å². The highest BCUT2D eigenvalue weighted by atomic mass is 32.2. The largest absolute Gasteiger partial charge is 0.377 e. The van der Waals surface area contributed by atoms with Crippen LogP contribution < -0.4 is 5.32 Å². The number of aryl methyl sites for hydroxylation is 1. The summed E-state index contributed by atoms with van der Waals surface area (Å²) in [6.07, 6.45) is 5.20. The van der Waals surface area contributed by atoms with Crippen LogP contribution in [0.5, 0.6) is 0 Å². The molecular weight excluding hydrogens is 444 g/mol. The van der Waals surface area contributed by atoms with E-state index in [0.29, 0.717) is 24.3 Å². The standard InChI is InChI=1S/C24H30N2O4S2/c1-18-11-12-20(32(28,29)26-13-5-2-6-14-26)16-22(18)25-24(27)21-9-3-4-10-23(21)31-17-19-8-7-15-30-19/h3-4,9-12,16,19H,2,5-8,13-15,17H2,1H3,(H,25,27)/t19-/m0/s1. The number of hydrogen-bond acceptors (Lipinski definition) is 5. The smallest absolute Gasteiger partial charge is 0.256 e. The van der Waals surface area contributed by atoms with Crippen molar-refractivity contribution in [2.24, 2.45) is 0 Å². The molecule has 1 amide bonds. The van der Waals surface area contributed by atoms with Crippen LogP contribution in [0.2, 0.25) is 0 Å². The van der Waals surface area contributed by atoms with Gasteiger partial charge in [-0.3, -0.25) is 4.79 Å². The fraction of sp³-hybridized carbons (Fsp3) is 0.458. The van der Waals surface area contributed by atoms with E-state index in [0.717, 1.165) is 54.9 Å². The Hall–Kier alpha value is -1.87. The van der Waals surface area contributed by atoms with Crippen molar-refractivity contribution in [3.8, 4) is 0 Å². The second-order valence-electron chi connectivity index (χ2n) is 8.34. The van der Waals surface area contributed by atoms with Crippen LogP contribution in [0, 0.1) is 6.92 Å². The van der Waals surface area contributed by atoms with Crippen LogP contribution in [0.25, 0.3) is 0 Å². The summed E-state index contributed by atoms with van der Waals surface area (Å²) in [5.74, 6) is 0.573. The third-order valence-electron chi connectivity index (χ3n) is 5.99. The summed E-state index contributed by atoms with van der Waals surface area (Å²) in [5.41, 5.74) is 1.92. The van der Waals surface area contributed by atoms with Gasteiger partial charge in [0, 0.05) is 36.0 Å². The molecule has 2 heterocycles. The lowest BCUT2D eigenvalue weighted by Gasteiger charge is -2.26. The molecule has 2 aromatic rings. The van der Waals surface area contributed by atoms with Gasteiger partial charge in [-0.1, -0.05) is 24.6 Å². The van der Waals surface area contributed by atoms with Gasteiger partial charge < -0.3 is 10.1 Å². The van der Waals surface area contributed by atoms with Crippen LogP contribution in [0.15, 0.2) is 52.3 Å². The molecule has 0 spiro atoms. The van der Waals surface area contributed by atoms with Crippen molar-refractivity contribution in [3.05, 3.63) is 53.6 Å². The Morgan fingerprint density at radius 1 is 1.12 bits per heavy atom. The van der Waals surface area contributed by atoms with Gasteiger partial charge in [0.1, 0.15) is 0 Å². The van der Waals surface area contributed by atoms with E-state index in [2.05, 4.69) is 5.32 Å². The van der Waals surface area contributed by atoms with Crippen LogP contribution in [0.3, 0.4) is 0 Å². The van der Waals surface area contributed by atoms with E-state index in [9.17, 15) is 13.2 Å². The predicted octanol–water partition coefficient (Wildman–Crippen LogP) is 4.69. The van der Waals surface area contributed by atoms with E-state index in [1.165, 1.54) is 0 Å². The number of carbonyl (C=O) groups is 1. The molecular formula is C24H30N2O4S2. The van der Waals surface area contributed by atoms with Gasteiger partial charge >= 0.3 is 0 Å². The van der Waals surface area contributed by atoms with Crippen molar-refractivity contribution in [2.45, 2.75) is 54.9 Å². The zero-order chi connectivity index (χ0) is 22.6. The number of amides is 1. The quantitative estimate of drug-likeness (QED) is 0.589. The Balaban J connectivity index is 1.52. The molecule has 0 unspecified atom stereocenters. The summed E-state index contributed by atoms with van der Waals surface area (Å²) in [6, 6.07) is 12.5. The molecule has 0 aromatic heterocycles. The molecule has 1 N–H and O–H groups in total. The Morgan fingerprint density at radius 2 is 1.91 bits per heavy atom. The van der Waals surface area contributed by atoms with Crippen molar-refractivity contribution >= 4 is 33.4 Å². The maximum atomic E-state index is 13.1.